The molecule has 0 fully saturated rings. The van der Waals surface area contributed by atoms with Crippen molar-refractivity contribution in [2.45, 2.75) is 7.43 Å². The number of carboxylic acid groups (broad SMARTS) is 1. The highest BCUT2D eigenvalue weighted by atomic mass is 32.1. The molecule has 0 aromatic carbocycles. The molecule has 2 nitrogen and oxygen atoms in total. The maximum Gasteiger partial charge on any atom is 0.290 e. The van der Waals surface area contributed by atoms with Crippen molar-refractivity contribution in [2.24, 2.45) is 0 Å². The van der Waals surface area contributed by atoms with Crippen molar-refractivity contribution in [2.75, 3.05) is 0 Å². The molecule has 0 rings (SSSR count). The lowest BCUT2D eigenvalue weighted by molar-refractivity contribution is -0.122. The van der Waals surface area contributed by atoms with E-state index in [4.69, 9.17) is 9.90 Å². The van der Waals surface area contributed by atoms with Crippen LogP contribution in [0.25, 0.3) is 0 Å². The topological polar surface area (TPSA) is 37.3 Å². The molecule has 0 aromatic rings. The molecule has 0 spiro atoms. The lowest BCUT2D eigenvalue weighted by atomic mass is 11.7. The Morgan fingerprint density at radius 1 is 1.60 bits per heavy atom. The molecule has 0 heterocycles. The largest absolute Gasteiger partial charge is 0.483 e. The van der Waals surface area contributed by atoms with Gasteiger partial charge in [0, 0.05) is 0 Å². The van der Waals surface area contributed by atoms with Crippen molar-refractivity contribution in [3.05, 3.63) is 0 Å². The molecule has 0 saturated heterocycles. The van der Waals surface area contributed by atoms with E-state index in [1.807, 2.05) is 0 Å². The summed E-state index contributed by atoms with van der Waals surface area (Å²) in [6.07, 6.45) is 0. The van der Waals surface area contributed by atoms with Gasteiger partial charge in [0.05, 0.1) is 0 Å². The standard InChI is InChI=1S/CH2O2.CH4.H2S/c2-1-3;;/h1H,(H,2,3);1H4;1H2. The maximum absolute atomic E-state index is 8.36. The molecule has 0 aliphatic carbocycles. The molecule has 1 N–H and O–H groups in total. The van der Waals surface area contributed by atoms with Crippen LogP contribution in [0.15, 0.2) is 0 Å². The van der Waals surface area contributed by atoms with Gasteiger partial charge in [0.2, 0.25) is 0 Å². The summed E-state index contributed by atoms with van der Waals surface area (Å²) in [6.45, 7) is -0.250. The molecule has 5 heavy (non-hydrogen) atoms. The predicted octanol–water partition coefficient (Wildman–Crippen LogP) is 0.450. The van der Waals surface area contributed by atoms with Crippen molar-refractivity contribution in [3.8, 4) is 0 Å². The van der Waals surface area contributed by atoms with Gasteiger partial charge in [-0.2, -0.15) is 13.5 Å². The molecule has 0 aliphatic rings. The first-order valence-electron chi connectivity index (χ1n) is 0.494. The number of carbonyl (C=O) groups is 1. The van der Waals surface area contributed by atoms with Gasteiger partial charge in [-0.15, -0.1) is 0 Å². The van der Waals surface area contributed by atoms with E-state index in [-0.39, 0.29) is 27.4 Å². The molecule has 0 amide bonds. The van der Waals surface area contributed by atoms with Crippen LogP contribution < -0.4 is 0 Å². The van der Waals surface area contributed by atoms with Crippen molar-refractivity contribution in [3.63, 3.8) is 0 Å². The fraction of sp³-hybridized carbons (Fsp3) is 0.500. The zero-order chi connectivity index (χ0) is 2.71. The van der Waals surface area contributed by atoms with Gasteiger partial charge in [0.15, 0.2) is 0 Å². The number of rotatable bonds is 0. The van der Waals surface area contributed by atoms with Gasteiger partial charge in [-0.25, -0.2) is 0 Å². The highest BCUT2D eigenvalue weighted by molar-refractivity contribution is 7.59. The van der Waals surface area contributed by atoms with Crippen molar-refractivity contribution >= 4 is 20.0 Å². The van der Waals surface area contributed by atoms with Gasteiger partial charge in [0.1, 0.15) is 0 Å². The second kappa shape index (κ2) is 45.2. The highest BCUT2D eigenvalue weighted by Crippen LogP contribution is 0.966. The van der Waals surface area contributed by atoms with Crippen LogP contribution in [0, 0.1) is 0 Å². The molecule has 3 heteroatoms. The average Bonchev–Trinajstić information content (AvgIpc) is 0.918. The van der Waals surface area contributed by atoms with E-state index in [9.17, 15) is 0 Å². The first-order valence-corrected chi connectivity index (χ1v) is 0.494. The third-order valence-corrected chi connectivity index (χ3v) is 0. The monoisotopic (exact) mass is 96.0 g/mol. The minimum absolute atomic E-state index is 0. The molecule has 0 saturated carbocycles. The molecular formula is C2H8O2S. The molecule has 34 valence electrons. The summed E-state index contributed by atoms with van der Waals surface area (Å²) >= 11 is 0. The minimum atomic E-state index is -0.250. The van der Waals surface area contributed by atoms with Crippen LogP contribution in [-0.4, -0.2) is 11.6 Å². The summed E-state index contributed by atoms with van der Waals surface area (Å²) in [6, 6.07) is 0. The molecule has 0 bridgehead atoms. The summed E-state index contributed by atoms with van der Waals surface area (Å²) < 4.78 is 0. The van der Waals surface area contributed by atoms with Crippen LogP contribution in [0.3, 0.4) is 0 Å². The molecule has 0 aliphatic heterocycles. The van der Waals surface area contributed by atoms with E-state index in [0.717, 1.165) is 0 Å². The van der Waals surface area contributed by atoms with E-state index in [1.165, 1.54) is 0 Å². The quantitative estimate of drug-likeness (QED) is 0.444. The third kappa shape index (κ3) is 391. The summed E-state index contributed by atoms with van der Waals surface area (Å²) in [5.41, 5.74) is 0. The zero-order valence-electron chi connectivity index (χ0n) is 1.93. The minimum Gasteiger partial charge on any atom is -0.483 e. The summed E-state index contributed by atoms with van der Waals surface area (Å²) in [7, 11) is 0. The lowest BCUT2D eigenvalue weighted by Crippen LogP contribution is -1.49. The van der Waals surface area contributed by atoms with Gasteiger partial charge in [0.25, 0.3) is 6.47 Å². The number of hydrogen-bond acceptors (Lipinski definition) is 1. The summed E-state index contributed by atoms with van der Waals surface area (Å²) in [5.74, 6) is 0. The van der Waals surface area contributed by atoms with E-state index in [0.29, 0.717) is 0 Å². The predicted molar refractivity (Wildman–Crippen MR) is 25.8 cm³/mol. The normalized spacial score (nSPS) is 2.40. The Morgan fingerprint density at radius 3 is 1.60 bits per heavy atom. The fourth-order valence-electron chi connectivity index (χ4n) is 0. The van der Waals surface area contributed by atoms with E-state index < -0.39 is 0 Å². The second-order valence-electron chi connectivity index (χ2n) is 0.105. The lowest BCUT2D eigenvalue weighted by Gasteiger charge is -1.34. The Labute approximate surface area is 38.3 Å². The van der Waals surface area contributed by atoms with Crippen LogP contribution in [-0.2, 0) is 4.79 Å². The Balaban J connectivity index is -0.0000000200. The third-order valence-electron chi connectivity index (χ3n) is 0. The Bertz CT molecular complexity index is 15.1. The Morgan fingerprint density at radius 2 is 1.60 bits per heavy atom. The highest BCUT2D eigenvalue weighted by Gasteiger charge is 1.22. The van der Waals surface area contributed by atoms with Gasteiger partial charge in [-0.1, -0.05) is 7.43 Å². The summed E-state index contributed by atoms with van der Waals surface area (Å²) in [4.78, 5) is 8.36. The smallest absolute Gasteiger partial charge is 0.290 e. The van der Waals surface area contributed by atoms with Crippen LogP contribution in [0.4, 0.5) is 0 Å². The first-order chi connectivity index (χ1) is 1.41. The van der Waals surface area contributed by atoms with Crippen molar-refractivity contribution < 1.29 is 9.90 Å². The van der Waals surface area contributed by atoms with Crippen LogP contribution in [0.5, 0.6) is 0 Å². The SMILES string of the molecule is C.O=CO.S. The molecule has 0 aromatic heterocycles. The van der Waals surface area contributed by atoms with Crippen molar-refractivity contribution in [1.82, 2.24) is 0 Å². The fourth-order valence-corrected chi connectivity index (χ4v) is 0. The zero-order valence-corrected chi connectivity index (χ0v) is 2.93. The van der Waals surface area contributed by atoms with Crippen LogP contribution >= 0.6 is 13.5 Å². The van der Waals surface area contributed by atoms with Crippen LogP contribution in [0.1, 0.15) is 7.43 Å². The van der Waals surface area contributed by atoms with Gasteiger partial charge >= 0.3 is 0 Å². The molecule has 0 radical (unpaired) electrons. The van der Waals surface area contributed by atoms with E-state index in [1.54, 1.807) is 0 Å². The first kappa shape index (κ1) is 21.2. The van der Waals surface area contributed by atoms with Gasteiger partial charge in [-0.05, 0) is 0 Å². The molecular weight excluding hydrogens is 88.1 g/mol. The van der Waals surface area contributed by atoms with Crippen LogP contribution in [0.2, 0.25) is 0 Å². The second-order valence-corrected chi connectivity index (χ2v) is 0.105. The summed E-state index contributed by atoms with van der Waals surface area (Å²) in [5, 5.41) is 6.89. The Hall–Kier alpha value is -0.180. The molecule has 0 atom stereocenters. The van der Waals surface area contributed by atoms with Crippen molar-refractivity contribution in [1.29, 1.82) is 0 Å². The van der Waals surface area contributed by atoms with Gasteiger partial charge in [-0.3, -0.25) is 4.79 Å². The maximum atomic E-state index is 8.36. The molecule has 0 unspecified atom stereocenters. The van der Waals surface area contributed by atoms with Gasteiger partial charge < -0.3 is 5.11 Å². The Kier molecular flexibility index (Phi) is 192. The average molecular weight is 96.2 g/mol. The van der Waals surface area contributed by atoms with E-state index in [2.05, 4.69) is 0 Å². The van der Waals surface area contributed by atoms with E-state index >= 15 is 0 Å². The number of hydrogen-bond donors (Lipinski definition) is 1.